The van der Waals surface area contributed by atoms with E-state index in [1.807, 2.05) is 0 Å². The molecule has 7 heteroatoms. The molecule has 2 rings (SSSR count). The van der Waals surface area contributed by atoms with E-state index in [-0.39, 0.29) is 29.2 Å². The third-order valence-electron chi connectivity index (χ3n) is 2.67. The third kappa shape index (κ3) is 2.10. The molecule has 0 bridgehead atoms. The molecule has 1 aromatic heterocycles. The van der Waals surface area contributed by atoms with Crippen molar-refractivity contribution in [2.45, 2.75) is 12.2 Å². The van der Waals surface area contributed by atoms with Crippen LogP contribution in [0.3, 0.4) is 0 Å². The summed E-state index contributed by atoms with van der Waals surface area (Å²) < 4.78 is 27.9. The number of carbonyl (C=O) groups is 1. The Morgan fingerprint density at radius 1 is 1.53 bits per heavy atom. The molecule has 1 N–H and O–H groups in total. The number of hydrogen-bond donors (Lipinski definition) is 1. The zero-order chi connectivity index (χ0) is 12.6. The molecule has 0 saturated heterocycles. The van der Waals surface area contributed by atoms with Crippen molar-refractivity contribution in [2.75, 3.05) is 12.9 Å². The number of rotatable bonds is 2. The van der Waals surface area contributed by atoms with Crippen molar-refractivity contribution < 1.29 is 23.1 Å². The number of carboxylic acids is 1. The normalized spacial score (nSPS) is 17.2. The van der Waals surface area contributed by atoms with Crippen molar-refractivity contribution in [2.24, 2.45) is 0 Å². The molecule has 0 aromatic carbocycles. The van der Waals surface area contributed by atoms with Crippen LogP contribution in [-0.2, 0) is 22.0 Å². The Balaban J connectivity index is 2.60. The number of sulfone groups is 1. The molecule has 17 heavy (non-hydrogen) atoms. The highest BCUT2D eigenvalue weighted by Crippen LogP contribution is 2.30. The van der Waals surface area contributed by atoms with E-state index in [2.05, 4.69) is 4.98 Å². The van der Waals surface area contributed by atoms with Crippen LogP contribution in [0.4, 0.5) is 0 Å². The van der Waals surface area contributed by atoms with Crippen molar-refractivity contribution in [1.82, 2.24) is 4.98 Å². The minimum absolute atomic E-state index is 0.00110. The average Bonchev–Trinajstić information content (AvgIpc) is 2.25. The van der Waals surface area contributed by atoms with Crippen LogP contribution in [0.15, 0.2) is 6.20 Å². The molecule has 0 saturated carbocycles. The monoisotopic (exact) mass is 257 g/mol. The summed E-state index contributed by atoms with van der Waals surface area (Å²) in [6, 6.07) is 0. The first kappa shape index (κ1) is 11.8. The van der Waals surface area contributed by atoms with Crippen LogP contribution in [0.2, 0.25) is 0 Å². The number of ether oxygens (including phenoxy) is 1. The zero-order valence-electron chi connectivity index (χ0n) is 9.13. The van der Waals surface area contributed by atoms with Gasteiger partial charge in [-0.15, -0.1) is 0 Å². The SMILES string of the molecule is COc1c(C(=O)O)cnc2c1CCS(=O)(=O)C2. The van der Waals surface area contributed by atoms with E-state index < -0.39 is 15.8 Å². The second-order valence-electron chi connectivity index (χ2n) is 3.78. The fraction of sp³-hybridized carbons (Fsp3) is 0.400. The summed E-state index contributed by atoms with van der Waals surface area (Å²) in [5, 5.41) is 8.96. The maximum Gasteiger partial charge on any atom is 0.341 e. The first-order valence-electron chi connectivity index (χ1n) is 4.93. The summed E-state index contributed by atoms with van der Waals surface area (Å²) in [6.45, 7) is 0. The fourth-order valence-electron chi connectivity index (χ4n) is 1.88. The Morgan fingerprint density at radius 3 is 2.82 bits per heavy atom. The minimum atomic E-state index is -3.12. The topological polar surface area (TPSA) is 93.6 Å². The highest BCUT2D eigenvalue weighted by atomic mass is 32.2. The highest BCUT2D eigenvalue weighted by molar-refractivity contribution is 7.90. The van der Waals surface area contributed by atoms with Gasteiger partial charge in [0.25, 0.3) is 0 Å². The second kappa shape index (κ2) is 3.99. The summed E-state index contributed by atoms with van der Waals surface area (Å²) in [7, 11) is -1.75. The van der Waals surface area contributed by atoms with Crippen LogP contribution >= 0.6 is 0 Å². The van der Waals surface area contributed by atoms with Crippen molar-refractivity contribution in [3.63, 3.8) is 0 Å². The van der Waals surface area contributed by atoms with E-state index in [4.69, 9.17) is 9.84 Å². The van der Waals surface area contributed by atoms with Gasteiger partial charge < -0.3 is 9.84 Å². The summed E-state index contributed by atoms with van der Waals surface area (Å²) in [4.78, 5) is 14.9. The fourth-order valence-corrected chi connectivity index (χ4v) is 3.20. The molecule has 0 amide bonds. The lowest BCUT2D eigenvalue weighted by Gasteiger charge is -2.19. The Kier molecular flexibility index (Phi) is 2.78. The highest BCUT2D eigenvalue weighted by Gasteiger charge is 2.28. The summed E-state index contributed by atoms with van der Waals surface area (Å²) in [6.07, 6.45) is 1.38. The molecule has 1 aromatic rings. The number of hydrogen-bond acceptors (Lipinski definition) is 5. The van der Waals surface area contributed by atoms with Gasteiger partial charge in [0.2, 0.25) is 0 Å². The summed E-state index contributed by atoms with van der Waals surface area (Å²) in [5.74, 6) is -1.07. The van der Waals surface area contributed by atoms with Crippen LogP contribution in [-0.4, -0.2) is 37.3 Å². The number of aromatic carboxylic acids is 1. The number of aromatic nitrogens is 1. The molecular formula is C10H11NO5S. The molecule has 0 unspecified atom stereocenters. The predicted octanol–water partition coefficient (Wildman–Crippen LogP) is 0.259. The van der Waals surface area contributed by atoms with E-state index in [1.165, 1.54) is 7.11 Å². The lowest BCUT2D eigenvalue weighted by atomic mass is 10.1. The molecule has 92 valence electrons. The Morgan fingerprint density at radius 2 is 2.24 bits per heavy atom. The molecule has 0 aliphatic carbocycles. The smallest absolute Gasteiger partial charge is 0.341 e. The van der Waals surface area contributed by atoms with Crippen molar-refractivity contribution in [1.29, 1.82) is 0 Å². The van der Waals surface area contributed by atoms with Gasteiger partial charge in [0.15, 0.2) is 9.84 Å². The molecule has 0 radical (unpaired) electrons. The number of carboxylic acid groups (broad SMARTS) is 1. The van der Waals surface area contributed by atoms with Crippen LogP contribution in [0.5, 0.6) is 5.75 Å². The van der Waals surface area contributed by atoms with Crippen molar-refractivity contribution >= 4 is 15.8 Å². The van der Waals surface area contributed by atoms with Gasteiger partial charge in [-0.1, -0.05) is 0 Å². The zero-order valence-corrected chi connectivity index (χ0v) is 9.95. The second-order valence-corrected chi connectivity index (χ2v) is 5.96. The molecule has 1 aliphatic rings. The van der Waals surface area contributed by atoms with Crippen LogP contribution in [0.1, 0.15) is 21.6 Å². The lowest BCUT2D eigenvalue weighted by Crippen LogP contribution is -2.22. The van der Waals surface area contributed by atoms with E-state index in [1.54, 1.807) is 0 Å². The van der Waals surface area contributed by atoms with E-state index in [9.17, 15) is 13.2 Å². The summed E-state index contributed by atoms with van der Waals surface area (Å²) >= 11 is 0. The van der Waals surface area contributed by atoms with Gasteiger partial charge in [0.1, 0.15) is 11.3 Å². The molecule has 0 fully saturated rings. The minimum Gasteiger partial charge on any atom is -0.495 e. The number of pyridine rings is 1. The molecule has 1 aliphatic heterocycles. The number of nitrogens with zero attached hydrogens (tertiary/aromatic N) is 1. The van der Waals surface area contributed by atoms with Crippen molar-refractivity contribution in [3.8, 4) is 5.75 Å². The Labute approximate surface area is 98.2 Å². The van der Waals surface area contributed by atoms with Gasteiger partial charge in [-0.25, -0.2) is 13.2 Å². The molecule has 0 spiro atoms. The van der Waals surface area contributed by atoms with Gasteiger partial charge >= 0.3 is 5.97 Å². The van der Waals surface area contributed by atoms with Gasteiger partial charge in [-0.3, -0.25) is 4.98 Å². The van der Waals surface area contributed by atoms with Crippen molar-refractivity contribution in [3.05, 3.63) is 23.0 Å². The molecule has 0 atom stereocenters. The first-order chi connectivity index (χ1) is 7.94. The standard InChI is InChI=1S/C10H11NO5S/c1-16-9-6-2-3-17(14,15)5-8(6)11-4-7(9)10(12)13/h4H,2-3,5H2,1H3,(H,12,13). The quantitative estimate of drug-likeness (QED) is 0.816. The Hall–Kier alpha value is -1.63. The maximum atomic E-state index is 11.4. The first-order valence-corrected chi connectivity index (χ1v) is 6.75. The number of fused-ring (bicyclic) bond motifs is 1. The Bertz CT molecular complexity index is 579. The molecular weight excluding hydrogens is 246 g/mol. The van der Waals surface area contributed by atoms with Crippen LogP contribution < -0.4 is 4.74 Å². The van der Waals surface area contributed by atoms with E-state index in [0.717, 1.165) is 6.20 Å². The predicted molar refractivity (Wildman–Crippen MR) is 58.9 cm³/mol. The van der Waals surface area contributed by atoms with Crippen LogP contribution in [0.25, 0.3) is 0 Å². The van der Waals surface area contributed by atoms with E-state index >= 15 is 0 Å². The van der Waals surface area contributed by atoms with Gasteiger partial charge in [0, 0.05) is 11.8 Å². The summed E-state index contributed by atoms with van der Waals surface area (Å²) in [5.41, 5.74) is 0.936. The molecule has 2 heterocycles. The van der Waals surface area contributed by atoms with Gasteiger partial charge in [-0.05, 0) is 6.42 Å². The lowest BCUT2D eigenvalue weighted by molar-refractivity contribution is 0.0692. The number of methoxy groups -OCH3 is 1. The van der Waals surface area contributed by atoms with E-state index in [0.29, 0.717) is 11.3 Å². The van der Waals surface area contributed by atoms with Gasteiger partial charge in [0.05, 0.1) is 24.3 Å². The largest absolute Gasteiger partial charge is 0.495 e. The maximum absolute atomic E-state index is 11.4. The van der Waals surface area contributed by atoms with Gasteiger partial charge in [-0.2, -0.15) is 0 Å². The third-order valence-corrected chi connectivity index (χ3v) is 4.21. The molecule has 6 nitrogen and oxygen atoms in total. The average molecular weight is 257 g/mol. The van der Waals surface area contributed by atoms with Crippen LogP contribution in [0, 0.1) is 0 Å².